The van der Waals surface area contributed by atoms with Crippen LogP contribution >= 0.6 is 0 Å². The molecule has 0 saturated carbocycles. The lowest BCUT2D eigenvalue weighted by molar-refractivity contribution is -0.384. The van der Waals surface area contributed by atoms with Crippen LogP contribution in [-0.2, 0) is 4.42 Å². The van der Waals surface area contributed by atoms with Crippen LogP contribution in [0.5, 0.6) is 0 Å². The summed E-state index contributed by atoms with van der Waals surface area (Å²) in [7, 11) is 1.52. The first kappa shape index (κ1) is 13.7. The molecule has 0 spiro atoms. The number of hydrogen-bond acceptors (Lipinski definition) is 2. The van der Waals surface area contributed by atoms with Crippen molar-refractivity contribution in [3.8, 4) is 0 Å². The number of nitrogens with zero attached hydrogens (tertiary/aromatic N) is 1. The fraction of sp³-hybridized carbons (Fsp3) is 0.0625. The van der Waals surface area contributed by atoms with Gasteiger partial charge < -0.3 is 4.42 Å². The molecular formula is C16H13NO3. The zero-order valence-electron chi connectivity index (χ0n) is 10.9. The van der Waals surface area contributed by atoms with E-state index in [0.29, 0.717) is 0 Å². The number of non-ortho nitro benzene ring substituents is 1. The summed E-state index contributed by atoms with van der Waals surface area (Å²) in [6, 6.07) is 16.1. The first-order valence-corrected chi connectivity index (χ1v) is 6.01. The summed E-state index contributed by atoms with van der Waals surface area (Å²) < 4.78 is 4.84. The Labute approximate surface area is 116 Å². The van der Waals surface area contributed by atoms with Crippen LogP contribution < -0.4 is 0 Å². The summed E-state index contributed by atoms with van der Waals surface area (Å²) in [4.78, 5) is 10.3. The molecule has 0 fully saturated rings. The smallest absolute Gasteiger partial charge is 0.269 e. The molecule has 2 aromatic carbocycles. The van der Waals surface area contributed by atoms with E-state index in [4.69, 9.17) is 4.42 Å². The molecule has 4 nitrogen and oxygen atoms in total. The van der Waals surface area contributed by atoms with Crippen molar-refractivity contribution in [3.63, 3.8) is 0 Å². The van der Waals surface area contributed by atoms with Crippen molar-refractivity contribution in [3.05, 3.63) is 81.9 Å². The van der Waals surface area contributed by atoms with E-state index in [0.717, 1.165) is 16.7 Å². The lowest BCUT2D eigenvalue weighted by Crippen LogP contribution is -1.91. The lowest BCUT2D eigenvalue weighted by atomic mass is 9.97. The molecule has 0 amide bonds. The molecular weight excluding hydrogens is 254 g/mol. The maximum atomic E-state index is 10.7. The van der Waals surface area contributed by atoms with Crippen LogP contribution in [0.4, 0.5) is 5.69 Å². The van der Waals surface area contributed by atoms with Crippen LogP contribution in [0.3, 0.4) is 0 Å². The number of nitro groups is 1. The third-order valence-electron chi connectivity index (χ3n) is 2.80. The normalized spacial score (nSPS) is 11.8. The minimum atomic E-state index is -0.414. The Morgan fingerprint density at radius 1 is 1.10 bits per heavy atom. The van der Waals surface area contributed by atoms with Crippen LogP contribution in [0.25, 0.3) is 5.57 Å². The van der Waals surface area contributed by atoms with Crippen molar-refractivity contribution in [1.82, 2.24) is 0 Å². The maximum Gasteiger partial charge on any atom is 0.269 e. The molecule has 0 heterocycles. The molecule has 100 valence electrons. The van der Waals surface area contributed by atoms with Crippen molar-refractivity contribution in [2.75, 3.05) is 7.11 Å². The summed E-state index contributed by atoms with van der Waals surface area (Å²) in [6.07, 6.45) is 4.41. The molecule has 0 N–H and O–H groups in total. The van der Waals surface area contributed by atoms with Crippen molar-refractivity contribution in [2.24, 2.45) is 0 Å². The molecule has 2 rings (SSSR count). The van der Waals surface area contributed by atoms with E-state index in [9.17, 15) is 10.1 Å². The minimum Gasteiger partial charge on any atom is -0.355 e. The molecule has 0 aliphatic rings. The summed E-state index contributed by atoms with van der Waals surface area (Å²) in [5.41, 5.74) is 2.82. The van der Waals surface area contributed by atoms with Gasteiger partial charge in [0, 0.05) is 12.1 Å². The van der Waals surface area contributed by atoms with Gasteiger partial charge in [0.2, 0.25) is 13.4 Å². The van der Waals surface area contributed by atoms with Gasteiger partial charge in [0.05, 0.1) is 4.92 Å². The molecule has 0 saturated heterocycles. The van der Waals surface area contributed by atoms with Gasteiger partial charge in [0.25, 0.3) is 5.69 Å². The predicted octanol–water partition coefficient (Wildman–Crippen LogP) is 3.30. The molecule has 0 unspecified atom stereocenters. The van der Waals surface area contributed by atoms with Crippen molar-refractivity contribution in [2.45, 2.75) is 0 Å². The Kier molecular flexibility index (Phi) is 4.39. The number of hydrogen-bond donors (Lipinski definition) is 0. The molecule has 0 aliphatic heterocycles. The SMILES string of the molecule is C[O+]=[C-]/C=C(\c1ccccc1)c1ccc([N+](=O)[O-])cc1. The van der Waals surface area contributed by atoms with E-state index >= 15 is 0 Å². The largest absolute Gasteiger partial charge is 0.355 e. The average molecular weight is 267 g/mol. The quantitative estimate of drug-likeness (QED) is 0.280. The Bertz CT molecular complexity index is 643. The van der Waals surface area contributed by atoms with Gasteiger partial charge in [-0.2, -0.15) is 5.57 Å². The van der Waals surface area contributed by atoms with Crippen molar-refractivity contribution < 1.29 is 9.35 Å². The Morgan fingerprint density at radius 2 is 1.70 bits per heavy atom. The van der Waals surface area contributed by atoms with E-state index in [1.54, 1.807) is 18.2 Å². The number of rotatable bonds is 4. The van der Waals surface area contributed by atoms with Gasteiger partial charge in [-0.1, -0.05) is 53.6 Å². The van der Waals surface area contributed by atoms with E-state index < -0.39 is 4.92 Å². The van der Waals surface area contributed by atoms with Crippen LogP contribution in [0.2, 0.25) is 0 Å². The Hall–Kier alpha value is -2.75. The van der Waals surface area contributed by atoms with Crippen LogP contribution in [-0.4, -0.2) is 18.3 Å². The molecule has 0 bridgehead atoms. The van der Waals surface area contributed by atoms with Crippen LogP contribution in [0.1, 0.15) is 11.1 Å². The van der Waals surface area contributed by atoms with Crippen molar-refractivity contribution in [1.29, 1.82) is 0 Å². The highest BCUT2D eigenvalue weighted by atomic mass is 16.6. The third-order valence-corrected chi connectivity index (χ3v) is 2.80. The molecule has 4 heteroatoms. The summed E-state index contributed by atoms with van der Waals surface area (Å²) in [6.45, 7) is 0. The average Bonchev–Trinajstić information content (AvgIpc) is 2.49. The van der Waals surface area contributed by atoms with E-state index in [-0.39, 0.29) is 5.69 Å². The Balaban J connectivity index is 2.45. The second-order valence-electron chi connectivity index (χ2n) is 4.05. The highest BCUT2D eigenvalue weighted by Gasteiger charge is 2.04. The van der Waals surface area contributed by atoms with Gasteiger partial charge in [0.1, 0.15) is 0 Å². The highest BCUT2D eigenvalue weighted by Crippen LogP contribution is 2.24. The summed E-state index contributed by atoms with van der Waals surface area (Å²) in [5, 5.41) is 10.7. The van der Waals surface area contributed by atoms with Gasteiger partial charge in [-0.15, -0.1) is 6.08 Å². The van der Waals surface area contributed by atoms with E-state index in [1.807, 2.05) is 30.3 Å². The van der Waals surface area contributed by atoms with Gasteiger partial charge in [0.15, 0.2) is 0 Å². The molecule has 0 aliphatic carbocycles. The topological polar surface area (TPSA) is 54.4 Å². The van der Waals surface area contributed by atoms with E-state index in [2.05, 4.69) is 6.29 Å². The van der Waals surface area contributed by atoms with Gasteiger partial charge in [-0.25, -0.2) is 0 Å². The first-order chi connectivity index (χ1) is 9.72. The zero-order valence-corrected chi connectivity index (χ0v) is 10.9. The monoisotopic (exact) mass is 267 g/mol. The minimum absolute atomic E-state index is 0.0702. The number of benzene rings is 2. The first-order valence-electron chi connectivity index (χ1n) is 6.01. The molecule has 2 aromatic rings. The van der Waals surface area contributed by atoms with Crippen LogP contribution in [0, 0.1) is 10.1 Å². The van der Waals surface area contributed by atoms with E-state index in [1.165, 1.54) is 19.2 Å². The predicted molar refractivity (Wildman–Crippen MR) is 78.2 cm³/mol. The summed E-state index contributed by atoms with van der Waals surface area (Å²) in [5.74, 6) is 0. The number of carbonyl (C=O) groups excluding carboxylic acids is 1. The van der Waals surface area contributed by atoms with Crippen LogP contribution in [0.15, 0.2) is 60.7 Å². The molecule has 0 radical (unpaired) electrons. The number of allylic oxidation sites excluding steroid dienone is 1. The second kappa shape index (κ2) is 6.43. The summed E-state index contributed by atoms with van der Waals surface area (Å²) >= 11 is 0. The maximum absolute atomic E-state index is 10.7. The lowest BCUT2D eigenvalue weighted by Gasteiger charge is -2.14. The third kappa shape index (κ3) is 3.17. The van der Waals surface area contributed by atoms with Gasteiger partial charge >= 0.3 is 0 Å². The zero-order chi connectivity index (χ0) is 14.4. The van der Waals surface area contributed by atoms with Gasteiger partial charge in [-0.05, 0) is 0 Å². The van der Waals surface area contributed by atoms with Gasteiger partial charge in [-0.3, -0.25) is 10.1 Å². The molecule has 20 heavy (non-hydrogen) atoms. The van der Waals surface area contributed by atoms with Crippen molar-refractivity contribution >= 4 is 17.5 Å². The molecule has 0 atom stereocenters. The fourth-order valence-corrected chi connectivity index (χ4v) is 1.83. The second-order valence-corrected chi connectivity index (χ2v) is 4.05. The highest BCUT2D eigenvalue weighted by molar-refractivity contribution is 5.90. The molecule has 0 aromatic heterocycles. The fourth-order valence-electron chi connectivity index (χ4n) is 1.83. The number of nitro benzene ring substituents is 1. The Morgan fingerprint density at radius 3 is 2.25 bits per heavy atom. The standard InChI is InChI=1S/C16H13NO3/c1-20-12-11-16(13-5-3-2-4-6-13)14-7-9-15(10-8-14)17(18)19/h2-11H,1H3/b16-11+.